The van der Waals surface area contributed by atoms with Crippen molar-refractivity contribution >= 4 is 23.6 Å². The Hall–Kier alpha value is -2.61. The number of hydrazine groups is 1. The average molecular weight is 466 g/mol. The Balaban J connectivity index is 1.24. The minimum absolute atomic E-state index is 0.132. The lowest BCUT2D eigenvalue weighted by molar-refractivity contribution is -0.119. The maximum Gasteiger partial charge on any atom is 0.269 e. The maximum absolute atomic E-state index is 12.4. The molecule has 6 rings (SSSR count). The molecule has 0 radical (unpaired) electrons. The molecule has 4 bridgehead atoms. The molecular formula is C25H31N5O2S. The van der Waals surface area contributed by atoms with Gasteiger partial charge in [-0.3, -0.25) is 20.4 Å². The molecule has 0 spiro atoms. The summed E-state index contributed by atoms with van der Waals surface area (Å²) in [4.78, 5) is 24.7. The van der Waals surface area contributed by atoms with Gasteiger partial charge in [-0.15, -0.1) is 16.8 Å². The molecule has 1 heterocycles. The van der Waals surface area contributed by atoms with Crippen LogP contribution in [0.4, 0.5) is 0 Å². The Bertz CT molecular complexity index is 1040. The highest BCUT2D eigenvalue weighted by atomic mass is 32.2. The molecule has 7 nitrogen and oxygen atoms in total. The van der Waals surface area contributed by atoms with E-state index in [9.17, 15) is 9.59 Å². The van der Waals surface area contributed by atoms with Gasteiger partial charge in [0.05, 0.1) is 5.75 Å². The van der Waals surface area contributed by atoms with E-state index < -0.39 is 0 Å². The van der Waals surface area contributed by atoms with Crippen molar-refractivity contribution in [1.82, 2.24) is 25.6 Å². The van der Waals surface area contributed by atoms with Crippen LogP contribution in [-0.2, 0) is 16.8 Å². The van der Waals surface area contributed by atoms with Gasteiger partial charge in [0, 0.05) is 17.5 Å². The number of carbonyl (C=O) groups excluding carboxylic acids is 2. The normalized spacial score (nSPS) is 27.4. The Labute approximate surface area is 198 Å². The number of hydrogen-bond donors (Lipinski definition) is 2. The molecule has 33 heavy (non-hydrogen) atoms. The van der Waals surface area contributed by atoms with E-state index in [1.807, 2.05) is 25.1 Å². The average Bonchev–Trinajstić information content (AvgIpc) is 3.19. The van der Waals surface area contributed by atoms with Crippen LogP contribution in [0.2, 0.25) is 0 Å². The van der Waals surface area contributed by atoms with Crippen LogP contribution in [0, 0.1) is 24.7 Å². The molecule has 1 aromatic carbocycles. The molecule has 2 amide bonds. The van der Waals surface area contributed by atoms with Crippen LogP contribution in [0.15, 0.2) is 42.1 Å². The molecule has 0 atom stereocenters. The number of aryl methyl sites for hydroxylation is 1. The molecule has 4 aliphatic carbocycles. The number of benzene rings is 1. The zero-order valence-electron chi connectivity index (χ0n) is 19.0. The molecule has 0 unspecified atom stereocenters. The summed E-state index contributed by atoms with van der Waals surface area (Å²) in [5, 5.41) is 9.89. The van der Waals surface area contributed by atoms with E-state index >= 15 is 0 Å². The van der Waals surface area contributed by atoms with Crippen LogP contribution in [0.1, 0.15) is 60.3 Å². The standard InChI is InChI=1S/C25H31N5O2S/c1-3-8-30-23(25-12-17-9-18(13-25)11-19(10-17)14-25)28-29-24(30)33-15-21(31)26-27-22(32)20-7-5-4-6-16(20)2/h3-7,17-19H,1,8-15H2,2H3,(H,26,31)(H,27,32). The highest BCUT2D eigenvalue weighted by Gasteiger charge is 2.53. The molecule has 174 valence electrons. The quantitative estimate of drug-likeness (QED) is 0.369. The minimum Gasteiger partial charge on any atom is -0.302 e. The summed E-state index contributed by atoms with van der Waals surface area (Å²) in [7, 11) is 0. The number of amides is 2. The third-order valence-corrected chi connectivity index (χ3v) is 8.55. The summed E-state index contributed by atoms with van der Waals surface area (Å²) in [6.45, 7) is 6.43. The van der Waals surface area contributed by atoms with Crippen molar-refractivity contribution in [1.29, 1.82) is 0 Å². The molecule has 0 aliphatic heterocycles. The van der Waals surface area contributed by atoms with Gasteiger partial charge in [0.2, 0.25) is 5.91 Å². The van der Waals surface area contributed by atoms with Crippen molar-refractivity contribution in [3.63, 3.8) is 0 Å². The number of carbonyl (C=O) groups is 2. The lowest BCUT2D eigenvalue weighted by Crippen LogP contribution is -2.49. The molecule has 4 saturated carbocycles. The number of allylic oxidation sites excluding steroid dienone is 1. The Morgan fingerprint density at radius 2 is 1.79 bits per heavy atom. The summed E-state index contributed by atoms with van der Waals surface area (Å²) in [6, 6.07) is 7.27. The van der Waals surface area contributed by atoms with Gasteiger partial charge in [-0.2, -0.15) is 0 Å². The Morgan fingerprint density at radius 3 is 2.42 bits per heavy atom. The largest absolute Gasteiger partial charge is 0.302 e. The summed E-state index contributed by atoms with van der Waals surface area (Å²) >= 11 is 1.35. The number of thioether (sulfide) groups is 1. The number of hydrogen-bond acceptors (Lipinski definition) is 5. The van der Waals surface area contributed by atoms with Gasteiger partial charge in [-0.25, -0.2) is 0 Å². The Morgan fingerprint density at radius 1 is 1.12 bits per heavy atom. The third kappa shape index (κ3) is 4.33. The summed E-state index contributed by atoms with van der Waals surface area (Å²) in [5.41, 5.74) is 6.53. The first-order valence-electron chi connectivity index (χ1n) is 11.8. The first-order chi connectivity index (χ1) is 16.0. The van der Waals surface area contributed by atoms with Crippen LogP contribution >= 0.6 is 11.8 Å². The zero-order valence-corrected chi connectivity index (χ0v) is 19.9. The zero-order chi connectivity index (χ0) is 23.0. The van der Waals surface area contributed by atoms with E-state index in [4.69, 9.17) is 0 Å². The highest BCUT2D eigenvalue weighted by molar-refractivity contribution is 7.99. The topological polar surface area (TPSA) is 88.9 Å². The van der Waals surface area contributed by atoms with Gasteiger partial charge < -0.3 is 4.57 Å². The predicted octanol–water partition coefficient (Wildman–Crippen LogP) is 3.79. The van der Waals surface area contributed by atoms with Gasteiger partial charge >= 0.3 is 0 Å². The van der Waals surface area contributed by atoms with Gasteiger partial charge in [-0.05, 0) is 74.8 Å². The van der Waals surface area contributed by atoms with Crippen LogP contribution in [0.25, 0.3) is 0 Å². The van der Waals surface area contributed by atoms with E-state index in [1.165, 1.54) is 50.3 Å². The SMILES string of the molecule is C=CCn1c(SCC(=O)NNC(=O)c2ccccc2C)nnc1C12CC3CC(CC(C3)C1)C2. The fourth-order valence-corrected chi connectivity index (χ4v) is 7.40. The van der Waals surface area contributed by atoms with Crippen LogP contribution in [-0.4, -0.2) is 32.3 Å². The van der Waals surface area contributed by atoms with E-state index in [1.54, 1.807) is 12.1 Å². The molecular weight excluding hydrogens is 434 g/mol. The highest BCUT2D eigenvalue weighted by Crippen LogP contribution is 2.60. The smallest absolute Gasteiger partial charge is 0.269 e. The number of nitrogens with zero attached hydrogens (tertiary/aromatic N) is 3. The lowest BCUT2D eigenvalue weighted by Gasteiger charge is -2.56. The predicted molar refractivity (Wildman–Crippen MR) is 128 cm³/mol. The third-order valence-electron chi connectivity index (χ3n) is 7.58. The Kier molecular flexibility index (Phi) is 6.03. The fourth-order valence-electron chi connectivity index (χ4n) is 6.65. The second kappa shape index (κ2) is 8.97. The summed E-state index contributed by atoms with van der Waals surface area (Å²) < 4.78 is 2.16. The second-order valence-corrected chi connectivity index (χ2v) is 11.0. The first-order valence-corrected chi connectivity index (χ1v) is 12.8. The van der Waals surface area contributed by atoms with Crippen molar-refractivity contribution < 1.29 is 9.59 Å². The van der Waals surface area contributed by atoms with Gasteiger partial charge in [0.25, 0.3) is 5.91 Å². The van der Waals surface area contributed by atoms with E-state index in [2.05, 4.69) is 32.2 Å². The van der Waals surface area contributed by atoms with Crippen LogP contribution < -0.4 is 10.9 Å². The molecule has 0 saturated heterocycles. The van der Waals surface area contributed by atoms with E-state index in [0.29, 0.717) is 12.1 Å². The van der Waals surface area contributed by atoms with Gasteiger partial charge in [0.1, 0.15) is 5.82 Å². The van der Waals surface area contributed by atoms with Crippen LogP contribution in [0.3, 0.4) is 0 Å². The second-order valence-electron chi connectivity index (χ2n) is 10.0. The van der Waals surface area contributed by atoms with Crippen molar-refractivity contribution in [3.8, 4) is 0 Å². The maximum atomic E-state index is 12.4. The van der Waals surface area contributed by atoms with E-state index in [0.717, 1.165) is 34.3 Å². The number of aromatic nitrogens is 3. The minimum atomic E-state index is -0.328. The van der Waals surface area contributed by atoms with Crippen molar-refractivity contribution in [3.05, 3.63) is 53.9 Å². The number of rotatable bonds is 7. The molecule has 8 heteroatoms. The van der Waals surface area contributed by atoms with Crippen LogP contribution in [0.5, 0.6) is 0 Å². The fraction of sp³-hybridized carbons (Fsp3) is 0.520. The molecule has 4 aliphatic rings. The summed E-state index contributed by atoms with van der Waals surface area (Å²) in [5.74, 6) is 3.08. The van der Waals surface area contributed by atoms with Gasteiger partial charge in [-0.1, -0.05) is 36.0 Å². The van der Waals surface area contributed by atoms with Gasteiger partial charge in [0.15, 0.2) is 5.16 Å². The first kappa shape index (κ1) is 22.2. The van der Waals surface area contributed by atoms with Crippen molar-refractivity contribution in [2.45, 2.75) is 62.6 Å². The molecule has 2 N–H and O–H groups in total. The molecule has 2 aromatic rings. The lowest BCUT2D eigenvalue weighted by atomic mass is 9.49. The number of nitrogens with one attached hydrogen (secondary N) is 2. The summed E-state index contributed by atoms with van der Waals surface area (Å²) in [6.07, 6.45) is 9.65. The van der Waals surface area contributed by atoms with Crippen molar-refractivity contribution in [2.75, 3.05) is 5.75 Å². The van der Waals surface area contributed by atoms with E-state index in [-0.39, 0.29) is 23.0 Å². The monoisotopic (exact) mass is 465 g/mol. The molecule has 4 fully saturated rings. The van der Waals surface area contributed by atoms with Crippen molar-refractivity contribution in [2.24, 2.45) is 17.8 Å². The molecule has 1 aromatic heterocycles.